The fourth-order valence-corrected chi connectivity index (χ4v) is 5.71. The van der Waals surface area contributed by atoms with Crippen molar-refractivity contribution in [2.45, 2.75) is 18.6 Å². The van der Waals surface area contributed by atoms with E-state index in [-0.39, 0.29) is 11.1 Å². The number of ether oxygens (including phenoxy) is 2. The summed E-state index contributed by atoms with van der Waals surface area (Å²) >= 11 is 6.01. The first-order valence-electron chi connectivity index (χ1n) is 11.6. The maximum Gasteiger partial charge on any atom is 0.241 e. The van der Waals surface area contributed by atoms with Crippen molar-refractivity contribution in [3.8, 4) is 5.75 Å². The summed E-state index contributed by atoms with van der Waals surface area (Å²) in [7, 11) is 0. The molecule has 36 heavy (non-hydrogen) atoms. The molecule has 0 N–H and O–H groups in total. The maximum atomic E-state index is 13.9. The molecule has 0 radical (unpaired) electrons. The van der Waals surface area contributed by atoms with E-state index in [4.69, 9.17) is 21.1 Å². The van der Waals surface area contributed by atoms with E-state index in [1.54, 1.807) is 72.8 Å². The molecule has 3 atom stereocenters. The number of nitrogens with zero attached hydrogens (tertiary/aromatic N) is 1. The quantitative estimate of drug-likeness (QED) is 0.388. The minimum absolute atomic E-state index is 0.193. The number of hydrogen-bond donors (Lipinski definition) is 0. The van der Waals surface area contributed by atoms with Gasteiger partial charge < -0.3 is 9.47 Å². The van der Waals surface area contributed by atoms with Crippen LogP contribution in [0.4, 0.5) is 5.69 Å². The van der Waals surface area contributed by atoms with E-state index in [1.165, 1.54) is 0 Å². The van der Waals surface area contributed by atoms with Gasteiger partial charge in [0.05, 0.1) is 30.2 Å². The van der Waals surface area contributed by atoms with Gasteiger partial charge in [-0.25, -0.2) is 4.90 Å². The number of Topliss-reactive ketones (excluding diaryl/α,β-unsaturated/α-hetero) is 2. The molecule has 7 nitrogen and oxygen atoms in total. The molecule has 2 aliphatic heterocycles. The van der Waals surface area contributed by atoms with Gasteiger partial charge in [0.2, 0.25) is 29.0 Å². The van der Waals surface area contributed by atoms with Gasteiger partial charge in [-0.3, -0.25) is 19.2 Å². The van der Waals surface area contributed by atoms with Crippen LogP contribution in [0.15, 0.2) is 72.8 Å². The number of imide groups is 1. The Balaban J connectivity index is 1.50. The molecule has 0 bridgehead atoms. The summed E-state index contributed by atoms with van der Waals surface area (Å²) < 4.78 is 11.8. The molecule has 180 valence electrons. The SMILES string of the molecule is CCOc1ccc(C2OC3(C(=O)c4ccccc4C3=O)C3C(=O)N(c4ccc(Cl)cc4)C(=O)C23)cc1. The molecular formula is C28H20ClNO6. The molecule has 2 fully saturated rings. The van der Waals surface area contributed by atoms with Gasteiger partial charge in [-0.1, -0.05) is 48.0 Å². The van der Waals surface area contributed by atoms with Crippen LogP contribution in [-0.2, 0) is 14.3 Å². The van der Waals surface area contributed by atoms with Gasteiger partial charge in [-0.05, 0) is 48.9 Å². The second kappa shape index (κ2) is 8.11. The second-order valence-electron chi connectivity index (χ2n) is 8.97. The van der Waals surface area contributed by atoms with Crippen molar-refractivity contribution >= 4 is 40.7 Å². The number of anilines is 1. The number of amides is 2. The van der Waals surface area contributed by atoms with Crippen LogP contribution in [0.1, 0.15) is 39.3 Å². The number of carbonyl (C=O) groups excluding carboxylic acids is 4. The first-order chi connectivity index (χ1) is 17.4. The maximum absolute atomic E-state index is 13.9. The number of fused-ring (bicyclic) bond motifs is 3. The summed E-state index contributed by atoms with van der Waals surface area (Å²) in [6, 6.07) is 19.6. The summed E-state index contributed by atoms with van der Waals surface area (Å²) in [6.07, 6.45) is -0.985. The van der Waals surface area contributed by atoms with Crippen LogP contribution in [0.5, 0.6) is 5.75 Å². The Labute approximate surface area is 211 Å². The average molecular weight is 502 g/mol. The van der Waals surface area contributed by atoms with Crippen LogP contribution < -0.4 is 9.64 Å². The zero-order valence-corrected chi connectivity index (χ0v) is 19.9. The third kappa shape index (κ3) is 2.96. The molecule has 2 saturated heterocycles. The molecule has 6 rings (SSSR count). The number of rotatable bonds is 4. The summed E-state index contributed by atoms with van der Waals surface area (Å²) in [5.41, 5.74) is -0.829. The van der Waals surface area contributed by atoms with Crippen LogP contribution >= 0.6 is 11.6 Å². The number of hydrogen-bond acceptors (Lipinski definition) is 6. The number of benzene rings is 3. The van der Waals surface area contributed by atoms with Gasteiger partial charge in [-0.2, -0.15) is 0 Å². The largest absolute Gasteiger partial charge is 0.494 e. The van der Waals surface area contributed by atoms with Gasteiger partial charge in [0.15, 0.2) is 0 Å². The van der Waals surface area contributed by atoms with Crippen LogP contribution in [0.2, 0.25) is 5.02 Å². The smallest absolute Gasteiger partial charge is 0.241 e. The van der Waals surface area contributed by atoms with Gasteiger partial charge in [-0.15, -0.1) is 0 Å². The van der Waals surface area contributed by atoms with E-state index in [0.717, 1.165) is 4.90 Å². The monoisotopic (exact) mass is 501 g/mol. The Morgan fingerprint density at radius 2 is 1.47 bits per heavy atom. The molecule has 1 aliphatic carbocycles. The number of halogens is 1. The Morgan fingerprint density at radius 3 is 2.06 bits per heavy atom. The van der Waals surface area contributed by atoms with Crippen LogP contribution in [0.3, 0.4) is 0 Å². The molecule has 3 unspecified atom stereocenters. The highest BCUT2D eigenvalue weighted by Crippen LogP contribution is 2.57. The standard InChI is InChI=1S/C28H20ClNO6/c1-2-35-18-13-7-15(8-14-18)23-21-22(27(34)30(26(21)33)17-11-9-16(29)10-12-17)28(36-23)24(31)19-5-3-4-6-20(19)25(28)32/h3-14,21-23H,2H2,1H3. The zero-order chi connectivity index (χ0) is 25.2. The molecule has 3 aromatic rings. The van der Waals surface area contributed by atoms with Gasteiger partial charge in [0.1, 0.15) is 5.75 Å². The average Bonchev–Trinajstić information content (AvgIpc) is 3.45. The lowest BCUT2D eigenvalue weighted by atomic mass is 9.77. The topological polar surface area (TPSA) is 90.0 Å². The van der Waals surface area contributed by atoms with Crippen molar-refractivity contribution in [2.24, 2.45) is 11.8 Å². The van der Waals surface area contributed by atoms with Crippen LogP contribution in [0.25, 0.3) is 0 Å². The third-order valence-corrected chi connectivity index (χ3v) is 7.38. The summed E-state index contributed by atoms with van der Waals surface area (Å²) in [6.45, 7) is 2.35. The van der Waals surface area contributed by atoms with Crippen molar-refractivity contribution < 1.29 is 28.7 Å². The summed E-state index contributed by atoms with van der Waals surface area (Å²) in [5.74, 6) is -4.09. The van der Waals surface area contributed by atoms with E-state index in [0.29, 0.717) is 28.6 Å². The zero-order valence-electron chi connectivity index (χ0n) is 19.1. The van der Waals surface area contributed by atoms with E-state index in [2.05, 4.69) is 0 Å². The van der Waals surface area contributed by atoms with E-state index in [1.807, 2.05) is 6.92 Å². The molecule has 2 amide bonds. The predicted molar refractivity (Wildman–Crippen MR) is 130 cm³/mol. The molecular weight excluding hydrogens is 482 g/mol. The number of ketones is 2. The predicted octanol–water partition coefficient (Wildman–Crippen LogP) is 4.43. The van der Waals surface area contributed by atoms with Crippen LogP contribution in [0, 0.1) is 11.8 Å². The van der Waals surface area contributed by atoms with Gasteiger partial charge in [0, 0.05) is 16.1 Å². The summed E-state index contributed by atoms with van der Waals surface area (Å²) in [4.78, 5) is 56.2. The summed E-state index contributed by atoms with van der Waals surface area (Å²) in [5, 5.41) is 0.446. The number of carbonyl (C=O) groups is 4. The highest BCUT2D eigenvalue weighted by molar-refractivity contribution is 6.37. The molecule has 2 heterocycles. The van der Waals surface area contributed by atoms with E-state index < -0.39 is 46.9 Å². The molecule has 0 saturated carbocycles. The second-order valence-corrected chi connectivity index (χ2v) is 9.41. The highest BCUT2D eigenvalue weighted by atomic mass is 35.5. The lowest BCUT2D eigenvalue weighted by molar-refractivity contribution is -0.127. The Bertz CT molecular complexity index is 1400. The van der Waals surface area contributed by atoms with Crippen LogP contribution in [-0.4, -0.2) is 35.6 Å². The van der Waals surface area contributed by atoms with Crippen molar-refractivity contribution in [2.75, 3.05) is 11.5 Å². The van der Waals surface area contributed by atoms with E-state index >= 15 is 0 Å². The van der Waals surface area contributed by atoms with Crippen molar-refractivity contribution in [1.82, 2.24) is 0 Å². The highest BCUT2D eigenvalue weighted by Gasteiger charge is 2.74. The molecule has 1 spiro atoms. The first-order valence-corrected chi connectivity index (χ1v) is 12.0. The minimum atomic E-state index is -2.11. The normalized spacial score (nSPS) is 23.9. The fraction of sp³-hybridized carbons (Fsp3) is 0.214. The van der Waals surface area contributed by atoms with E-state index in [9.17, 15) is 19.2 Å². The molecule has 3 aliphatic rings. The Kier molecular flexibility index (Phi) is 5.10. The van der Waals surface area contributed by atoms with Crippen molar-refractivity contribution in [1.29, 1.82) is 0 Å². The lowest BCUT2D eigenvalue weighted by Gasteiger charge is -2.27. The Morgan fingerprint density at radius 1 is 0.861 bits per heavy atom. The molecule has 3 aromatic carbocycles. The first kappa shape index (κ1) is 22.6. The fourth-order valence-electron chi connectivity index (χ4n) is 5.58. The molecule has 8 heteroatoms. The van der Waals surface area contributed by atoms with Crippen molar-refractivity contribution in [3.63, 3.8) is 0 Å². The van der Waals surface area contributed by atoms with Gasteiger partial charge in [0.25, 0.3) is 0 Å². The Hall–Kier alpha value is -3.81. The third-order valence-electron chi connectivity index (χ3n) is 7.12. The lowest BCUT2D eigenvalue weighted by Crippen LogP contribution is -2.51. The van der Waals surface area contributed by atoms with Gasteiger partial charge >= 0.3 is 0 Å². The van der Waals surface area contributed by atoms with Crippen molar-refractivity contribution in [3.05, 3.63) is 94.5 Å². The molecule has 0 aromatic heterocycles. The minimum Gasteiger partial charge on any atom is -0.494 e.